The number of hydrogen-bond acceptors (Lipinski definition) is 6. The van der Waals surface area contributed by atoms with Crippen molar-refractivity contribution in [1.29, 1.82) is 0 Å². The lowest BCUT2D eigenvalue weighted by molar-refractivity contribution is -0.201. The number of ketones is 1. The molecule has 2 N–H and O–H groups in total. The van der Waals surface area contributed by atoms with Crippen LogP contribution in [0.2, 0.25) is 0 Å². The number of thioether (sulfide) groups is 1. The van der Waals surface area contributed by atoms with E-state index in [0.717, 1.165) is 11.1 Å². The molecule has 3 fully saturated rings. The first-order valence-corrected chi connectivity index (χ1v) is 13.7. The number of hydrogen-bond donors (Lipinski definition) is 2. The van der Waals surface area contributed by atoms with E-state index >= 15 is 8.78 Å². The Kier molecular flexibility index (Phi) is 6.64. The zero-order valence-electron chi connectivity index (χ0n) is 20.8. The second-order valence-corrected chi connectivity index (χ2v) is 12.3. The van der Waals surface area contributed by atoms with E-state index in [4.69, 9.17) is 0 Å². The third kappa shape index (κ3) is 3.83. The van der Waals surface area contributed by atoms with E-state index in [9.17, 15) is 24.3 Å². The smallest absolute Gasteiger partial charge is 0.195 e. The van der Waals surface area contributed by atoms with Crippen molar-refractivity contribution in [2.24, 2.45) is 34.5 Å². The van der Waals surface area contributed by atoms with Crippen LogP contribution in [-0.2, 0) is 9.59 Å². The van der Waals surface area contributed by atoms with Crippen LogP contribution >= 0.6 is 11.8 Å². The largest absolute Gasteiger partial charge is 0.390 e. The van der Waals surface area contributed by atoms with E-state index in [1.54, 1.807) is 24.3 Å². The molecule has 9 atom stereocenters. The van der Waals surface area contributed by atoms with Crippen LogP contribution < -0.4 is 5.06 Å². The van der Waals surface area contributed by atoms with Gasteiger partial charge in [0.15, 0.2) is 16.6 Å². The summed E-state index contributed by atoms with van der Waals surface area (Å²) < 4.78 is 46.3. The number of aliphatic hydroxyl groups is 1. The van der Waals surface area contributed by atoms with Crippen LogP contribution in [0.15, 0.2) is 54.1 Å². The first-order valence-electron chi connectivity index (χ1n) is 12.7. The number of rotatable bonds is 5. The number of alkyl halides is 3. The van der Waals surface area contributed by atoms with Crippen molar-refractivity contribution in [3.05, 3.63) is 54.1 Å². The van der Waals surface area contributed by atoms with Crippen molar-refractivity contribution in [1.82, 2.24) is 0 Å². The summed E-state index contributed by atoms with van der Waals surface area (Å²) in [6.45, 7) is 3.40. The molecule has 9 heteroatoms. The Hall–Kier alpha value is -2.10. The van der Waals surface area contributed by atoms with Gasteiger partial charge in [-0.25, -0.2) is 13.2 Å². The molecule has 5 nitrogen and oxygen atoms in total. The van der Waals surface area contributed by atoms with Crippen molar-refractivity contribution in [3.8, 4) is 0 Å². The highest BCUT2D eigenvalue weighted by Crippen LogP contribution is 2.70. The minimum atomic E-state index is -2.25. The number of hydroxylamine groups is 1. The van der Waals surface area contributed by atoms with Crippen LogP contribution in [0.4, 0.5) is 18.9 Å². The lowest BCUT2D eigenvalue weighted by Crippen LogP contribution is -2.68. The van der Waals surface area contributed by atoms with Gasteiger partial charge >= 0.3 is 0 Å². The number of aliphatic hydroxyl groups excluding tert-OH is 1. The molecule has 1 aromatic rings. The normalized spacial score (nSPS) is 42.5. The van der Waals surface area contributed by atoms with Crippen molar-refractivity contribution >= 4 is 28.3 Å². The fourth-order valence-electron chi connectivity index (χ4n) is 8.10. The highest BCUT2D eigenvalue weighted by molar-refractivity contribution is 8.13. The number of para-hydroxylation sites is 1. The SMILES string of the molecule is C[C@]12C[C@H](O)[C@@]3(F)[C@@H](C[C@H](F)C4=CC(=O)C=C[C@@]43C)[C@@H]1C[C@@H](CN(O)c1ccccc1)[C@@H]2C(=O)SCF. The van der Waals surface area contributed by atoms with Crippen molar-refractivity contribution in [2.75, 3.05) is 17.6 Å². The van der Waals surface area contributed by atoms with Crippen molar-refractivity contribution in [3.63, 3.8) is 0 Å². The average Bonchev–Trinajstić information content (AvgIpc) is 3.14. The molecule has 0 bridgehead atoms. The van der Waals surface area contributed by atoms with Gasteiger partial charge < -0.3 is 5.11 Å². The number of nitrogens with zero attached hydrogens (tertiary/aromatic N) is 1. The third-order valence-corrected chi connectivity index (χ3v) is 10.4. The van der Waals surface area contributed by atoms with E-state index in [-0.39, 0.29) is 25.0 Å². The zero-order chi connectivity index (χ0) is 26.8. The number of benzene rings is 1. The number of halogens is 3. The molecule has 0 unspecified atom stereocenters. The minimum absolute atomic E-state index is 0.0437. The summed E-state index contributed by atoms with van der Waals surface area (Å²) in [7, 11) is 0. The molecule has 5 rings (SSSR count). The number of anilines is 1. The molecule has 4 aliphatic carbocycles. The van der Waals surface area contributed by atoms with Gasteiger partial charge in [0.25, 0.3) is 0 Å². The van der Waals surface area contributed by atoms with Crippen LogP contribution in [-0.4, -0.2) is 51.7 Å². The Morgan fingerprint density at radius 2 is 1.89 bits per heavy atom. The summed E-state index contributed by atoms with van der Waals surface area (Å²) in [6, 6.07) is 7.85. The Labute approximate surface area is 218 Å². The molecule has 0 aromatic heterocycles. The maximum Gasteiger partial charge on any atom is 0.195 e. The van der Waals surface area contributed by atoms with Gasteiger partial charge in [-0.2, -0.15) is 0 Å². The first-order chi connectivity index (χ1) is 17.5. The maximum absolute atomic E-state index is 17.3. The van der Waals surface area contributed by atoms with E-state index in [1.165, 1.54) is 19.1 Å². The monoisotopic (exact) mass is 535 g/mol. The first kappa shape index (κ1) is 26.5. The van der Waals surface area contributed by atoms with Gasteiger partial charge in [-0.15, -0.1) is 0 Å². The molecule has 4 aliphatic rings. The number of carbonyl (C=O) groups is 2. The van der Waals surface area contributed by atoms with E-state index in [1.807, 2.05) is 13.0 Å². The molecule has 0 radical (unpaired) electrons. The average molecular weight is 536 g/mol. The fourth-order valence-corrected chi connectivity index (χ4v) is 8.85. The molecule has 1 aromatic carbocycles. The molecule has 0 amide bonds. The standard InChI is InChI=1S/C28H32F3NO4S/c1-26-13-23(34)28(31)20(12-22(30)21-11-18(33)8-9-27(21,28)2)19(26)10-16(24(26)25(35)37-15-29)14-32(36)17-6-4-3-5-7-17/h3-9,11,16,19-20,22-24,34,36H,10,12-15H2,1-2H3/t16-,19-,20-,22-,23-,24+,26-,27-,28-/m0/s1. The van der Waals surface area contributed by atoms with E-state index in [2.05, 4.69) is 0 Å². The van der Waals surface area contributed by atoms with Crippen LogP contribution in [0.25, 0.3) is 0 Å². The van der Waals surface area contributed by atoms with Gasteiger partial charge in [0, 0.05) is 23.8 Å². The summed E-state index contributed by atoms with van der Waals surface area (Å²) in [5, 5.41) is 22.9. The predicted octanol–water partition coefficient (Wildman–Crippen LogP) is 5.23. The van der Waals surface area contributed by atoms with Gasteiger partial charge in [0.2, 0.25) is 0 Å². The van der Waals surface area contributed by atoms with Crippen LogP contribution in [0, 0.1) is 34.5 Å². The second kappa shape index (κ2) is 9.27. The lowest BCUT2D eigenvalue weighted by atomic mass is 9.45. The van der Waals surface area contributed by atoms with Crippen LogP contribution in [0.3, 0.4) is 0 Å². The van der Waals surface area contributed by atoms with Gasteiger partial charge in [0.05, 0.1) is 11.8 Å². The summed E-state index contributed by atoms with van der Waals surface area (Å²) >= 11 is 0.544. The van der Waals surface area contributed by atoms with Crippen LogP contribution in [0.5, 0.6) is 0 Å². The highest BCUT2D eigenvalue weighted by atomic mass is 32.2. The Morgan fingerprint density at radius 1 is 1.19 bits per heavy atom. The van der Waals surface area contributed by atoms with Gasteiger partial charge in [-0.3, -0.25) is 19.9 Å². The fraction of sp³-hybridized carbons (Fsp3) is 0.571. The molecule has 0 aliphatic heterocycles. The Balaban J connectivity index is 1.55. The number of allylic oxidation sites excluding steroid dienone is 4. The molecule has 37 heavy (non-hydrogen) atoms. The summed E-state index contributed by atoms with van der Waals surface area (Å²) in [6.07, 6.45) is 0.686. The van der Waals surface area contributed by atoms with E-state index < -0.39 is 69.4 Å². The maximum atomic E-state index is 17.3. The molecule has 200 valence electrons. The summed E-state index contributed by atoms with van der Waals surface area (Å²) in [5.41, 5.74) is -4.12. The summed E-state index contributed by atoms with van der Waals surface area (Å²) in [5.74, 6) is -3.07. The van der Waals surface area contributed by atoms with Gasteiger partial charge in [0.1, 0.15) is 12.2 Å². The molecule has 3 saturated carbocycles. The Bertz CT molecular complexity index is 1150. The quantitative estimate of drug-likeness (QED) is 0.503. The third-order valence-electron chi connectivity index (χ3n) is 9.71. The lowest BCUT2D eigenvalue weighted by Gasteiger charge is -2.62. The number of carbonyl (C=O) groups excluding carboxylic acids is 2. The van der Waals surface area contributed by atoms with Crippen molar-refractivity contribution in [2.45, 2.75) is 51.1 Å². The Morgan fingerprint density at radius 3 is 2.57 bits per heavy atom. The second-order valence-electron chi connectivity index (χ2n) is 11.4. The topological polar surface area (TPSA) is 77.8 Å². The number of fused-ring (bicyclic) bond motifs is 5. The molecular formula is C28H32F3NO4S. The molecule has 0 spiro atoms. The molecule has 0 saturated heterocycles. The molecule has 0 heterocycles. The zero-order valence-corrected chi connectivity index (χ0v) is 21.6. The van der Waals surface area contributed by atoms with Crippen molar-refractivity contribution < 1.29 is 33.1 Å². The predicted molar refractivity (Wildman–Crippen MR) is 135 cm³/mol. The highest BCUT2D eigenvalue weighted by Gasteiger charge is 2.73. The summed E-state index contributed by atoms with van der Waals surface area (Å²) in [4.78, 5) is 25.3. The minimum Gasteiger partial charge on any atom is -0.390 e. The molecular weight excluding hydrogens is 503 g/mol. The van der Waals surface area contributed by atoms with Gasteiger partial charge in [-0.1, -0.05) is 43.0 Å². The van der Waals surface area contributed by atoms with E-state index in [0.29, 0.717) is 23.9 Å². The van der Waals surface area contributed by atoms with Gasteiger partial charge in [-0.05, 0) is 73.3 Å². The van der Waals surface area contributed by atoms with Crippen LogP contribution in [0.1, 0.15) is 33.1 Å².